The van der Waals surface area contributed by atoms with Crippen LogP contribution in [0.25, 0.3) is 11.0 Å². The van der Waals surface area contributed by atoms with E-state index in [0.717, 1.165) is 16.5 Å². The highest BCUT2D eigenvalue weighted by Crippen LogP contribution is 2.22. The summed E-state index contributed by atoms with van der Waals surface area (Å²) in [5, 5.41) is 13.1. The molecular formula is C21H18ClNO6. The number of hydrogen-bond donors (Lipinski definition) is 2. The van der Waals surface area contributed by atoms with Crippen molar-refractivity contribution in [1.29, 1.82) is 0 Å². The van der Waals surface area contributed by atoms with Crippen LogP contribution in [0.1, 0.15) is 11.1 Å². The van der Waals surface area contributed by atoms with E-state index in [9.17, 15) is 19.5 Å². The van der Waals surface area contributed by atoms with Crippen LogP contribution < -0.4 is 15.7 Å². The van der Waals surface area contributed by atoms with E-state index >= 15 is 0 Å². The highest BCUT2D eigenvalue weighted by atomic mass is 35.5. The number of hydrogen-bond acceptors (Lipinski definition) is 5. The SMILES string of the molecule is Cc1cc(=O)oc2cc(OCC(=O)N[C@H](Cc3ccc(Cl)cc3)C(=O)O)ccc12. The summed E-state index contributed by atoms with van der Waals surface area (Å²) in [7, 11) is 0. The summed E-state index contributed by atoms with van der Waals surface area (Å²) in [4.78, 5) is 35.1. The van der Waals surface area contributed by atoms with Crippen molar-refractivity contribution < 1.29 is 23.8 Å². The molecular weight excluding hydrogens is 398 g/mol. The molecule has 0 unspecified atom stereocenters. The molecule has 0 aliphatic carbocycles. The lowest BCUT2D eigenvalue weighted by atomic mass is 10.1. The molecule has 0 fully saturated rings. The Labute approximate surface area is 170 Å². The average molecular weight is 416 g/mol. The number of aryl methyl sites for hydroxylation is 1. The molecule has 0 bridgehead atoms. The summed E-state index contributed by atoms with van der Waals surface area (Å²) in [6, 6.07) is 11.9. The number of carboxylic acids is 1. The molecule has 2 N–H and O–H groups in total. The number of carbonyl (C=O) groups is 2. The Kier molecular flexibility index (Phi) is 6.19. The van der Waals surface area contributed by atoms with Gasteiger partial charge in [0.15, 0.2) is 6.61 Å². The number of aliphatic carboxylic acids is 1. The van der Waals surface area contributed by atoms with Gasteiger partial charge in [-0.2, -0.15) is 0 Å². The van der Waals surface area contributed by atoms with Crippen LogP contribution in [-0.4, -0.2) is 29.6 Å². The Morgan fingerprint density at radius 2 is 1.90 bits per heavy atom. The molecule has 1 amide bonds. The Hall–Kier alpha value is -3.32. The standard InChI is InChI=1S/C21H18ClNO6/c1-12-8-20(25)29-18-10-15(6-7-16(12)18)28-11-19(24)23-17(21(26)27)9-13-2-4-14(22)5-3-13/h2-8,10,17H,9,11H2,1H3,(H,23,24)(H,26,27)/t17-/m1/s1. The van der Waals surface area contributed by atoms with E-state index in [4.69, 9.17) is 20.8 Å². The Balaban J connectivity index is 1.63. The van der Waals surface area contributed by atoms with Gasteiger partial charge in [-0.15, -0.1) is 0 Å². The summed E-state index contributed by atoms with van der Waals surface area (Å²) in [5.74, 6) is -1.42. The number of amides is 1. The number of carbonyl (C=O) groups excluding carboxylic acids is 1. The summed E-state index contributed by atoms with van der Waals surface area (Å²) in [6.45, 7) is 1.41. The Bertz CT molecular complexity index is 1110. The molecule has 1 heterocycles. The zero-order valence-corrected chi connectivity index (χ0v) is 16.2. The normalized spacial score (nSPS) is 11.8. The maximum Gasteiger partial charge on any atom is 0.336 e. The fourth-order valence-corrected chi connectivity index (χ4v) is 2.96. The van der Waals surface area contributed by atoms with Gasteiger partial charge in [0.25, 0.3) is 5.91 Å². The van der Waals surface area contributed by atoms with Gasteiger partial charge in [0.1, 0.15) is 17.4 Å². The van der Waals surface area contributed by atoms with Gasteiger partial charge >= 0.3 is 11.6 Å². The van der Waals surface area contributed by atoms with Gasteiger partial charge in [-0.1, -0.05) is 23.7 Å². The third kappa shape index (κ3) is 5.36. The maximum atomic E-state index is 12.2. The number of benzene rings is 2. The molecule has 7 nitrogen and oxygen atoms in total. The second-order valence-electron chi connectivity index (χ2n) is 6.48. The molecule has 0 saturated heterocycles. The van der Waals surface area contributed by atoms with Crippen molar-refractivity contribution >= 4 is 34.4 Å². The molecule has 0 spiro atoms. The Morgan fingerprint density at radius 1 is 1.17 bits per heavy atom. The quantitative estimate of drug-likeness (QED) is 0.575. The number of rotatable bonds is 7. The topological polar surface area (TPSA) is 106 Å². The Morgan fingerprint density at radius 3 is 2.59 bits per heavy atom. The summed E-state index contributed by atoms with van der Waals surface area (Å²) < 4.78 is 10.6. The second kappa shape index (κ2) is 8.79. The minimum absolute atomic E-state index is 0.110. The van der Waals surface area contributed by atoms with Crippen molar-refractivity contribution in [2.24, 2.45) is 0 Å². The number of halogens is 1. The maximum absolute atomic E-state index is 12.2. The van der Waals surface area contributed by atoms with Crippen LogP contribution in [0.3, 0.4) is 0 Å². The van der Waals surface area contributed by atoms with Crippen molar-refractivity contribution in [3.05, 3.63) is 75.1 Å². The molecule has 150 valence electrons. The van der Waals surface area contributed by atoms with E-state index in [-0.39, 0.29) is 13.0 Å². The lowest BCUT2D eigenvalue weighted by molar-refractivity contribution is -0.142. The first kappa shape index (κ1) is 20.4. The number of ether oxygens (including phenoxy) is 1. The molecule has 1 atom stereocenters. The van der Waals surface area contributed by atoms with Gasteiger partial charge in [0.05, 0.1) is 0 Å². The van der Waals surface area contributed by atoms with Gasteiger partial charge in [-0.05, 0) is 42.3 Å². The van der Waals surface area contributed by atoms with Crippen LogP contribution >= 0.6 is 11.6 Å². The van der Waals surface area contributed by atoms with Crippen molar-refractivity contribution in [3.8, 4) is 5.75 Å². The monoisotopic (exact) mass is 415 g/mol. The molecule has 1 aromatic heterocycles. The lowest BCUT2D eigenvalue weighted by Crippen LogP contribution is -2.44. The molecule has 0 saturated carbocycles. The van der Waals surface area contributed by atoms with Crippen LogP contribution in [0.5, 0.6) is 5.75 Å². The third-order valence-corrected chi connectivity index (χ3v) is 4.53. The smallest absolute Gasteiger partial charge is 0.336 e. The van der Waals surface area contributed by atoms with Crippen LogP contribution in [0.2, 0.25) is 5.02 Å². The fraction of sp³-hybridized carbons (Fsp3) is 0.190. The minimum Gasteiger partial charge on any atom is -0.484 e. The van der Waals surface area contributed by atoms with Gasteiger partial charge in [0, 0.05) is 29.0 Å². The molecule has 0 radical (unpaired) electrons. The molecule has 29 heavy (non-hydrogen) atoms. The minimum atomic E-state index is -1.16. The first-order valence-electron chi connectivity index (χ1n) is 8.76. The third-order valence-electron chi connectivity index (χ3n) is 4.28. The van der Waals surface area contributed by atoms with Gasteiger partial charge in [0.2, 0.25) is 0 Å². The highest BCUT2D eigenvalue weighted by molar-refractivity contribution is 6.30. The van der Waals surface area contributed by atoms with E-state index in [1.54, 1.807) is 43.3 Å². The predicted octanol–water partition coefficient (Wildman–Crippen LogP) is 2.95. The largest absolute Gasteiger partial charge is 0.484 e. The van der Waals surface area contributed by atoms with Crippen molar-refractivity contribution in [1.82, 2.24) is 5.32 Å². The molecule has 3 aromatic rings. The zero-order valence-electron chi connectivity index (χ0n) is 15.5. The van der Waals surface area contributed by atoms with E-state index < -0.39 is 23.5 Å². The van der Waals surface area contributed by atoms with Crippen molar-refractivity contribution in [3.63, 3.8) is 0 Å². The number of carboxylic acid groups (broad SMARTS) is 1. The van der Waals surface area contributed by atoms with Crippen molar-refractivity contribution in [2.45, 2.75) is 19.4 Å². The van der Waals surface area contributed by atoms with E-state index in [0.29, 0.717) is 16.4 Å². The van der Waals surface area contributed by atoms with Crippen LogP contribution in [0, 0.1) is 6.92 Å². The van der Waals surface area contributed by atoms with Crippen LogP contribution in [-0.2, 0) is 16.0 Å². The molecule has 3 rings (SSSR count). The van der Waals surface area contributed by atoms with Gasteiger partial charge in [-0.3, -0.25) is 4.79 Å². The molecule has 0 aliphatic heterocycles. The number of nitrogens with one attached hydrogen (secondary N) is 1. The molecule has 8 heteroatoms. The van der Waals surface area contributed by atoms with Gasteiger partial charge in [-0.25, -0.2) is 9.59 Å². The predicted molar refractivity (Wildman–Crippen MR) is 107 cm³/mol. The second-order valence-corrected chi connectivity index (χ2v) is 6.92. The van der Waals surface area contributed by atoms with Crippen LogP contribution in [0.15, 0.2) is 57.7 Å². The van der Waals surface area contributed by atoms with E-state index in [1.807, 2.05) is 0 Å². The molecule has 0 aliphatic rings. The van der Waals surface area contributed by atoms with E-state index in [2.05, 4.69) is 5.32 Å². The first-order chi connectivity index (χ1) is 13.8. The highest BCUT2D eigenvalue weighted by Gasteiger charge is 2.20. The van der Waals surface area contributed by atoms with E-state index in [1.165, 1.54) is 12.1 Å². The first-order valence-corrected chi connectivity index (χ1v) is 9.13. The van der Waals surface area contributed by atoms with Crippen LogP contribution in [0.4, 0.5) is 0 Å². The number of fused-ring (bicyclic) bond motifs is 1. The fourth-order valence-electron chi connectivity index (χ4n) is 2.84. The summed E-state index contributed by atoms with van der Waals surface area (Å²) in [6.07, 6.45) is 0.110. The lowest BCUT2D eigenvalue weighted by Gasteiger charge is -2.15. The average Bonchev–Trinajstić information content (AvgIpc) is 2.67. The zero-order chi connectivity index (χ0) is 21.0. The summed E-state index contributed by atoms with van der Waals surface area (Å²) in [5.41, 5.74) is 1.37. The summed E-state index contributed by atoms with van der Waals surface area (Å²) >= 11 is 5.82. The van der Waals surface area contributed by atoms with Crippen molar-refractivity contribution in [2.75, 3.05) is 6.61 Å². The van der Waals surface area contributed by atoms with Gasteiger partial charge < -0.3 is 19.6 Å². The molecule has 2 aromatic carbocycles.